The van der Waals surface area contributed by atoms with Crippen molar-refractivity contribution < 1.29 is 23.4 Å². The molecule has 0 bridgehead atoms. The zero-order valence-corrected chi connectivity index (χ0v) is 17.7. The molecule has 162 valence electrons. The van der Waals surface area contributed by atoms with Gasteiger partial charge in [0.1, 0.15) is 16.6 Å². The van der Waals surface area contributed by atoms with Crippen LogP contribution in [0.1, 0.15) is 32.4 Å². The van der Waals surface area contributed by atoms with E-state index in [1.165, 1.54) is 36.5 Å². The Morgan fingerprint density at radius 1 is 1.27 bits per heavy atom. The number of hydrogen-bond donors (Lipinski definition) is 2. The number of carbonyl (C=O) groups excluding carboxylic acids is 1. The van der Waals surface area contributed by atoms with E-state index < -0.39 is 44.9 Å². The molecule has 9 nitrogen and oxygen atoms in total. The number of hydrogen-bond acceptors (Lipinski definition) is 8. The van der Waals surface area contributed by atoms with Gasteiger partial charge in [-0.1, -0.05) is 18.2 Å². The third kappa shape index (κ3) is 5.65. The first-order chi connectivity index (χ1) is 14.1. The molecule has 1 unspecified atom stereocenters. The molecule has 0 radical (unpaired) electrons. The fraction of sp³-hybridized carbons (Fsp3) is 0.368. The van der Waals surface area contributed by atoms with E-state index in [0.29, 0.717) is 0 Å². The topological polar surface area (TPSA) is 129 Å². The average molecular weight is 438 g/mol. The molecule has 1 heterocycles. The maximum absolute atomic E-state index is 14.6. The smallest absolute Gasteiger partial charge is 0.330 e. The number of nitrogens with zero attached hydrogens (tertiary/aromatic N) is 2. The summed E-state index contributed by atoms with van der Waals surface area (Å²) in [7, 11) is 1.13. The molecule has 0 saturated heterocycles. The van der Waals surface area contributed by atoms with E-state index in [1.807, 2.05) is 0 Å². The molecular weight excluding hydrogens is 415 g/mol. The average Bonchev–Trinajstić information content (AvgIpc) is 2.69. The largest absolute Gasteiger partial charge is 0.598 e. The van der Waals surface area contributed by atoms with Crippen LogP contribution in [0.25, 0.3) is 0 Å². The highest BCUT2D eigenvalue weighted by Gasteiger charge is 2.39. The van der Waals surface area contributed by atoms with Crippen molar-refractivity contribution in [3.05, 3.63) is 64.1 Å². The number of halogens is 1. The Balaban J connectivity index is 2.55. The van der Waals surface area contributed by atoms with Crippen LogP contribution in [0.15, 0.2) is 42.6 Å². The van der Waals surface area contributed by atoms with Crippen molar-refractivity contribution in [1.82, 2.24) is 9.71 Å². The van der Waals surface area contributed by atoms with Gasteiger partial charge < -0.3 is 14.6 Å². The number of nitrogens with one attached hydrogen (secondary N) is 2. The third-order valence-electron chi connectivity index (χ3n) is 4.09. The molecule has 0 saturated carbocycles. The van der Waals surface area contributed by atoms with E-state index in [0.717, 1.165) is 7.11 Å². The summed E-state index contributed by atoms with van der Waals surface area (Å²) in [5, 5.41) is 14.0. The van der Waals surface area contributed by atoms with Crippen LogP contribution in [0, 0.1) is 15.9 Å². The molecule has 30 heavy (non-hydrogen) atoms. The number of anilines is 1. The van der Waals surface area contributed by atoms with Gasteiger partial charge in [0.05, 0.1) is 12.0 Å². The summed E-state index contributed by atoms with van der Waals surface area (Å²) in [6.07, 6.45) is 1.31. The first kappa shape index (κ1) is 23.5. The Labute approximate surface area is 176 Å². The van der Waals surface area contributed by atoms with Gasteiger partial charge in [0.2, 0.25) is 5.82 Å². The van der Waals surface area contributed by atoms with E-state index in [2.05, 4.69) is 15.0 Å². The summed E-state index contributed by atoms with van der Waals surface area (Å²) in [5.74, 6) is -1.70. The van der Waals surface area contributed by atoms with Crippen molar-refractivity contribution in [2.45, 2.75) is 37.6 Å². The summed E-state index contributed by atoms with van der Waals surface area (Å²) in [6.45, 7) is 5.12. The van der Waals surface area contributed by atoms with E-state index in [1.54, 1.807) is 26.8 Å². The van der Waals surface area contributed by atoms with Gasteiger partial charge in [-0.05, 0) is 32.9 Å². The number of pyridine rings is 1. The second kappa shape index (κ2) is 9.83. The number of carbonyl (C=O) groups is 1. The second-order valence-corrected chi connectivity index (χ2v) is 9.27. The summed E-state index contributed by atoms with van der Waals surface area (Å²) >= 11 is -1.71. The molecule has 3 atom stereocenters. The van der Waals surface area contributed by atoms with Crippen LogP contribution in [0.3, 0.4) is 0 Å². The Morgan fingerprint density at radius 2 is 1.93 bits per heavy atom. The van der Waals surface area contributed by atoms with Gasteiger partial charge in [0.15, 0.2) is 6.04 Å². The molecule has 0 aliphatic heterocycles. The molecule has 2 N–H and O–H groups in total. The van der Waals surface area contributed by atoms with Gasteiger partial charge in [-0.2, -0.15) is 0 Å². The first-order valence-electron chi connectivity index (χ1n) is 8.92. The van der Waals surface area contributed by atoms with E-state index >= 15 is 0 Å². The minimum atomic E-state index is -1.71. The third-order valence-corrected chi connectivity index (χ3v) is 5.67. The molecule has 0 fully saturated rings. The van der Waals surface area contributed by atoms with Crippen LogP contribution in [0.2, 0.25) is 0 Å². The Bertz CT molecular complexity index is 908. The van der Waals surface area contributed by atoms with Crippen LogP contribution < -0.4 is 10.0 Å². The quantitative estimate of drug-likeness (QED) is 0.279. The monoisotopic (exact) mass is 438 g/mol. The number of benzene rings is 1. The number of ether oxygens (including phenoxy) is 1. The summed E-state index contributed by atoms with van der Waals surface area (Å²) in [6, 6.07) is 5.69. The molecule has 11 heteroatoms. The Morgan fingerprint density at radius 3 is 2.50 bits per heavy atom. The fourth-order valence-corrected chi connectivity index (χ4v) is 3.39. The predicted molar refractivity (Wildman–Crippen MR) is 110 cm³/mol. The SMILES string of the molecule is COC(=O)[C@H](Nc1ncccc1[N+](=O)[O-])[C@H](N[S+]([O-])C(C)(C)C)c1ccccc1F. The summed E-state index contributed by atoms with van der Waals surface area (Å²) in [5.41, 5.74) is -0.341. The number of rotatable bonds is 8. The number of methoxy groups -OCH3 is 1. The van der Waals surface area contributed by atoms with Crippen LogP contribution in [-0.2, 0) is 20.9 Å². The van der Waals surface area contributed by atoms with Gasteiger partial charge >= 0.3 is 11.7 Å². The highest BCUT2D eigenvalue weighted by molar-refractivity contribution is 7.90. The molecule has 0 amide bonds. The molecule has 1 aromatic carbocycles. The Kier molecular flexibility index (Phi) is 7.71. The highest BCUT2D eigenvalue weighted by Crippen LogP contribution is 2.29. The first-order valence-corrected chi connectivity index (χ1v) is 10.1. The van der Waals surface area contributed by atoms with Crippen molar-refractivity contribution >= 4 is 28.8 Å². The maximum Gasteiger partial charge on any atom is 0.330 e. The summed E-state index contributed by atoms with van der Waals surface area (Å²) in [4.78, 5) is 27.2. The van der Waals surface area contributed by atoms with Crippen molar-refractivity contribution in [2.75, 3.05) is 12.4 Å². The van der Waals surface area contributed by atoms with Gasteiger partial charge in [-0.15, -0.1) is 4.72 Å². The number of esters is 1. The van der Waals surface area contributed by atoms with Crippen LogP contribution >= 0.6 is 0 Å². The highest BCUT2D eigenvalue weighted by atomic mass is 32.2. The zero-order valence-electron chi connectivity index (χ0n) is 16.9. The van der Waals surface area contributed by atoms with E-state index in [-0.39, 0.29) is 17.1 Å². The maximum atomic E-state index is 14.6. The van der Waals surface area contributed by atoms with Crippen molar-refractivity contribution in [3.8, 4) is 0 Å². The number of nitro groups is 1. The predicted octanol–water partition coefficient (Wildman–Crippen LogP) is 2.88. The lowest BCUT2D eigenvalue weighted by molar-refractivity contribution is -0.384. The van der Waals surface area contributed by atoms with Gasteiger partial charge in [0, 0.05) is 29.2 Å². The van der Waals surface area contributed by atoms with Gasteiger partial charge in [-0.25, -0.2) is 14.2 Å². The van der Waals surface area contributed by atoms with Gasteiger partial charge in [0.25, 0.3) is 0 Å². The molecule has 0 aliphatic carbocycles. The molecule has 2 aromatic rings. The Hall–Kier alpha value is -2.76. The lowest BCUT2D eigenvalue weighted by atomic mass is 9.99. The molecule has 0 aliphatic rings. The molecule has 0 spiro atoms. The molecule has 2 rings (SSSR count). The minimum absolute atomic E-state index is 0.0385. The zero-order chi connectivity index (χ0) is 22.5. The molecular formula is C19H23FN4O5S. The minimum Gasteiger partial charge on any atom is -0.598 e. The van der Waals surface area contributed by atoms with Crippen LogP contribution in [0.4, 0.5) is 15.9 Å². The fourth-order valence-electron chi connectivity index (χ4n) is 2.54. The normalized spacial score (nSPS) is 14.5. The van der Waals surface area contributed by atoms with E-state index in [4.69, 9.17) is 4.74 Å². The van der Waals surface area contributed by atoms with Crippen LogP contribution in [0.5, 0.6) is 0 Å². The van der Waals surface area contributed by atoms with Crippen LogP contribution in [-0.4, -0.2) is 38.3 Å². The molecule has 1 aromatic heterocycles. The number of aromatic nitrogens is 1. The van der Waals surface area contributed by atoms with Crippen molar-refractivity contribution in [1.29, 1.82) is 0 Å². The standard InChI is InChI=1S/C19H23FN4O5S/c1-19(2,3)30(28)23-15(12-8-5-6-9-13(12)20)16(18(25)29-4)22-17-14(24(26)27)10-7-11-21-17/h5-11,15-16,23H,1-4H3,(H,21,22)/t15-,16-,30?/m1/s1. The van der Waals surface area contributed by atoms with E-state index in [9.17, 15) is 23.9 Å². The second-order valence-electron chi connectivity index (χ2n) is 7.27. The van der Waals surface area contributed by atoms with Crippen molar-refractivity contribution in [3.63, 3.8) is 0 Å². The van der Waals surface area contributed by atoms with Gasteiger partial charge in [-0.3, -0.25) is 10.1 Å². The lowest BCUT2D eigenvalue weighted by Crippen LogP contribution is -2.49. The lowest BCUT2D eigenvalue weighted by Gasteiger charge is -2.32. The summed E-state index contributed by atoms with van der Waals surface area (Å²) < 4.78 is 34.3. The van der Waals surface area contributed by atoms with Crippen molar-refractivity contribution in [2.24, 2.45) is 0 Å².